The quantitative estimate of drug-likeness (QED) is 0.816. The molecule has 0 fully saturated rings. The third-order valence-corrected chi connectivity index (χ3v) is 2.59. The number of aryl methyl sites for hydroxylation is 1. The lowest BCUT2D eigenvalue weighted by molar-refractivity contribution is -0.120. The van der Waals surface area contributed by atoms with E-state index in [9.17, 15) is 9.90 Å². The monoisotopic (exact) mass is 260 g/mol. The van der Waals surface area contributed by atoms with E-state index in [0.717, 1.165) is 5.56 Å². The highest BCUT2D eigenvalue weighted by atomic mass is 16.3. The lowest BCUT2D eigenvalue weighted by atomic mass is 10.1. The number of carbonyl (C=O) groups excluding carboxylic acids is 1. The lowest BCUT2D eigenvalue weighted by Crippen LogP contribution is -2.27. The molecule has 2 rings (SSSR count). The number of nitrogens with one attached hydrogen (secondary N) is 1. The second kappa shape index (κ2) is 5.99. The fraction of sp³-hybridized carbons (Fsp3) is 0.308. The van der Waals surface area contributed by atoms with E-state index in [-0.39, 0.29) is 18.1 Å². The van der Waals surface area contributed by atoms with Crippen molar-refractivity contribution < 1.29 is 9.90 Å². The Bertz CT molecular complexity index is 565. The van der Waals surface area contributed by atoms with Crippen LogP contribution in [0.5, 0.6) is 5.75 Å². The maximum atomic E-state index is 11.7. The summed E-state index contributed by atoms with van der Waals surface area (Å²) in [5, 5.41) is 16.2. The van der Waals surface area contributed by atoms with Crippen LogP contribution in [-0.2, 0) is 24.7 Å². The van der Waals surface area contributed by atoms with Crippen LogP contribution in [-0.4, -0.2) is 32.3 Å². The standard InChI is InChI=1S/C13H16N4O2/c1-17-9-15-12(16-17)5-6-14-13(19)8-10-3-2-4-11(18)7-10/h2-4,7,9,18H,5-6,8H2,1H3,(H,14,19). The second-order valence-electron chi connectivity index (χ2n) is 4.28. The molecule has 0 atom stereocenters. The minimum Gasteiger partial charge on any atom is -0.508 e. The molecule has 1 aromatic carbocycles. The van der Waals surface area contributed by atoms with E-state index < -0.39 is 0 Å². The van der Waals surface area contributed by atoms with E-state index in [0.29, 0.717) is 18.8 Å². The van der Waals surface area contributed by atoms with Crippen molar-refractivity contribution in [1.29, 1.82) is 0 Å². The predicted octanol–water partition coefficient (Wildman–Crippen LogP) is 0.422. The molecule has 0 bridgehead atoms. The SMILES string of the molecule is Cn1cnc(CCNC(=O)Cc2cccc(O)c2)n1. The van der Waals surface area contributed by atoms with Crippen LogP contribution in [0.1, 0.15) is 11.4 Å². The first-order chi connectivity index (χ1) is 9.13. The van der Waals surface area contributed by atoms with Crippen molar-refractivity contribution in [3.8, 4) is 5.75 Å². The highest BCUT2D eigenvalue weighted by Crippen LogP contribution is 2.11. The molecular formula is C13H16N4O2. The number of nitrogens with zero attached hydrogens (tertiary/aromatic N) is 3. The van der Waals surface area contributed by atoms with Gasteiger partial charge in [-0.2, -0.15) is 5.10 Å². The number of aromatic nitrogens is 3. The van der Waals surface area contributed by atoms with Gasteiger partial charge in [0, 0.05) is 20.0 Å². The van der Waals surface area contributed by atoms with Crippen molar-refractivity contribution in [2.24, 2.45) is 7.05 Å². The molecule has 0 saturated heterocycles. The highest BCUT2D eigenvalue weighted by Gasteiger charge is 2.04. The van der Waals surface area contributed by atoms with Crippen molar-refractivity contribution >= 4 is 5.91 Å². The summed E-state index contributed by atoms with van der Waals surface area (Å²) in [5.74, 6) is 0.796. The van der Waals surface area contributed by atoms with E-state index in [1.54, 1.807) is 42.3 Å². The van der Waals surface area contributed by atoms with Crippen LogP contribution in [0.25, 0.3) is 0 Å². The Labute approximate surface area is 111 Å². The number of aromatic hydroxyl groups is 1. The van der Waals surface area contributed by atoms with Gasteiger partial charge in [-0.15, -0.1) is 0 Å². The average Bonchev–Trinajstić information content (AvgIpc) is 2.75. The van der Waals surface area contributed by atoms with E-state index in [1.807, 2.05) is 0 Å². The number of rotatable bonds is 5. The summed E-state index contributed by atoms with van der Waals surface area (Å²) in [6.07, 6.45) is 2.49. The van der Waals surface area contributed by atoms with Crippen molar-refractivity contribution in [1.82, 2.24) is 20.1 Å². The van der Waals surface area contributed by atoms with Crippen LogP contribution in [0.3, 0.4) is 0 Å². The third kappa shape index (κ3) is 4.09. The summed E-state index contributed by atoms with van der Waals surface area (Å²) >= 11 is 0. The summed E-state index contributed by atoms with van der Waals surface area (Å²) in [6.45, 7) is 0.502. The Morgan fingerprint density at radius 1 is 1.47 bits per heavy atom. The minimum atomic E-state index is -0.0819. The number of phenols is 1. The maximum Gasteiger partial charge on any atom is 0.224 e. The Kier molecular flexibility index (Phi) is 4.12. The van der Waals surface area contributed by atoms with Gasteiger partial charge in [-0.05, 0) is 17.7 Å². The van der Waals surface area contributed by atoms with E-state index in [2.05, 4.69) is 15.4 Å². The number of phenolic OH excluding ortho intramolecular Hbond substituents is 1. The summed E-state index contributed by atoms with van der Waals surface area (Å²) in [5.41, 5.74) is 0.786. The fourth-order valence-corrected chi connectivity index (χ4v) is 1.73. The summed E-state index contributed by atoms with van der Waals surface area (Å²) in [7, 11) is 1.80. The predicted molar refractivity (Wildman–Crippen MR) is 69.5 cm³/mol. The third-order valence-electron chi connectivity index (χ3n) is 2.59. The van der Waals surface area contributed by atoms with Crippen molar-refractivity contribution in [3.63, 3.8) is 0 Å². The van der Waals surface area contributed by atoms with Gasteiger partial charge in [0.1, 0.15) is 12.1 Å². The summed E-state index contributed by atoms with van der Waals surface area (Å²) < 4.78 is 1.63. The fourth-order valence-electron chi connectivity index (χ4n) is 1.73. The van der Waals surface area contributed by atoms with Gasteiger partial charge in [0.15, 0.2) is 5.82 Å². The largest absolute Gasteiger partial charge is 0.508 e. The Balaban J connectivity index is 1.76. The van der Waals surface area contributed by atoms with Crippen LogP contribution in [0.4, 0.5) is 0 Å². The van der Waals surface area contributed by atoms with Crippen molar-refractivity contribution in [2.45, 2.75) is 12.8 Å². The minimum absolute atomic E-state index is 0.0819. The summed E-state index contributed by atoms with van der Waals surface area (Å²) in [6, 6.07) is 6.68. The molecule has 0 saturated carbocycles. The molecule has 2 aromatic rings. The van der Waals surface area contributed by atoms with Crippen molar-refractivity contribution in [2.75, 3.05) is 6.54 Å². The van der Waals surface area contributed by atoms with Gasteiger partial charge in [0.05, 0.1) is 6.42 Å². The molecule has 0 aliphatic carbocycles. The molecule has 100 valence electrons. The van der Waals surface area contributed by atoms with Gasteiger partial charge in [-0.1, -0.05) is 12.1 Å². The number of amides is 1. The van der Waals surface area contributed by atoms with Crippen LogP contribution in [0.2, 0.25) is 0 Å². The normalized spacial score (nSPS) is 10.4. The Morgan fingerprint density at radius 3 is 3.00 bits per heavy atom. The molecule has 0 radical (unpaired) electrons. The first-order valence-corrected chi connectivity index (χ1v) is 6.02. The topological polar surface area (TPSA) is 80.0 Å². The van der Waals surface area contributed by atoms with Crippen LogP contribution in [0, 0.1) is 0 Å². The molecule has 6 heteroatoms. The van der Waals surface area contributed by atoms with Gasteiger partial charge in [-0.3, -0.25) is 9.48 Å². The van der Waals surface area contributed by atoms with Gasteiger partial charge in [0.25, 0.3) is 0 Å². The summed E-state index contributed by atoms with van der Waals surface area (Å²) in [4.78, 5) is 15.8. The smallest absolute Gasteiger partial charge is 0.224 e. The highest BCUT2D eigenvalue weighted by molar-refractivity contribution is 5.78. The van der Waals surface area contributed by atoms with Gasteiger partial charge < -0.3 is 10.4 Å². The molecule has 19 heavy (non-hydrogen) atoms. The molecule has 0 spiro atoms. The zero-order chi connectivity index (χ0) is 13.7. The molecule has 2 N–H and O–H groups in total. The number of carbonyl (C=O) groups is 1. The lowest BCUT2D eigenvalue weighted by Gasteiger charge is -2.04. The zero-order valence-electron chi connectivity index (χ0n) is 10.7. The molecule has 0 aliphatic heterocycles. The molecular weight excluding hydrogens is 244 g/mol. The van der Waals surface area contributed by atoms with Crippen LogP contribution >= 0.6 is 0 Å². The van der Waals surface area contributed by atoms with Gasteiger partial charge in [-0.25, -0.2) is 4.98 Å². The van der Waals surface area contributed by atoms with Crippen LogP contribution < -0.4 is 5.32 Å². The molecule has 1 aromatic heterocycles. The average molecular weight is 260 g/mol. The first kappa shape index (κ1) is 13.1. The van der Waals surface area contributed by atoms with E-state index in [1.165, 1.54) is 0 Å². The maximum absolute atomic E-state index is 11.7. The number of hydrogen-bond acceptors (Lipinski definition) is 4. The Morgan fingerprint density at radius 2 is 2.32 bits per heavy atom. The number of hydrogen-bond donors (Lipinski definition) is 2. The van der Waals surface area contributed by atoms with Crippen molar-refractivity contribution in [3.05, 3.63) is 42.0 Å². The Hall–Kier alpha value is -2.37. The molecule has 1 heterocycles. The molecule has 6 nitrogen and oxygen atoms in total. The molecule has 1 amide bonds. The first-order valence-electron chi connectivity index (χ1n) is 6.02. The van der Waals surface area contributed by atoms with Gasteiger partial charge in [0.2, 0.25) is 5.91 Å². The second-order valence-corrected chi connectivity index (χ2v) is 4.28. The number of benzene rings is 1. The zero-order valence-corrected chi connectivity index (χ0v) is 10.7. The van der Waals surface area contributed by atoms with Crippen LogP contribution in [0.15, 0.2) is 30.6 Å². The molecule has 0 aliphatic rings. The molecule has 0 unspecified atom stereocenters. The van der Waals surface area contributed by atoms with E-state index >= 15 is 0 Å². The van der Waals surface area contributed by atoms with E-state index in [4.69, 9.17) is 0 Å². The van der Waals surface area contributed by atoms with Gasteiger partial charge >= 0.3 is 0 Å².